The summed E-state index contributed by atoms with van der Waals surface area (Å²) in [6.07, 6.45) is -0.429. The molecule has 1 N–H and O–H groups in total. The van der Waals surface area contributed by atoms with Gasteiger partial charge in [0.15, 0.2) is 0 Å². The standard InChI is InChI=1S/C29H25NO2/c1-29(21-12-4-2-5-13-21,22-14-6-3-7-15-22)30-28(31)32-20-27-25-18-10-8-16-23(25)24-17-9-11-19-26(24)27/h2-19,27H,20H2,1H3,(H,30,31). The van der Waals surface area contributed by atoms with E-state index in [1.807, 2.05) is 79.7 Å². The number of ether oxygens (including phenoxy) is 1. The molecule has 0 radical (unpaired) electrons. The lowest BCUT2D eigenvalue weighted by Gasteiger charge is -2.32. The van der Waals surface area contributed by atoms with Gasteiger partial charge >= 0.3 is 6.09 Å². The summed E-state index contributed by atoms with van der Waals surface area (Å²) in [6, 6.07) is 36.7. The highest BCUT2D eigenvalue weighted by atomic mass is 16.5. The van der Waals surface area contributed by atoms with Crippen LogP contribution in [0.25, 0.3) is 11.1 Å². The van der Waals surface area contributed by atoms with Gasteiger partial charge in [-0.15, -0.1) is 0 Å². The van der Waals surface area contributed by atoms with E-state index in [0.29, 0.717) is 6.61 Å². The van der Waals surface area contributed by atoms with Crippen molar-refractivity contribution in [2.75, 3.05) is 6.61 Å². The Labute approximate surface area is 188 Å². The maximum Gasteiger partial charge on any atom is 0.408 e. The Balaban J connectivity index is 1.38. The molecule has 0 fully saturated rings. The number of alkyl carbamates (subject to hydrolysis) is 1. The first-order chi connectivity index (χ1) is 15.7. The lowest BCUT2D eigenvalue weighted by atomic mass is 9.85. The molecule has 3 heteroatoms. The molecule has 1 aliphatic rings. The van der Waals surface area contributed by atoms with Crippen LogP contribution in [0, 0.1) is 0 Å². The monoisotopic (exact) mass is 419 g/mol. The van der Waals surface area contributed by atoms with Crippen LogP contribution in [0.4, 0.5) is 4.79 Å². The molecule has 1 amide bonds. The van der Waals surface area contributed by atoms with E-state index in [4.69, 9.17) is 4.74 Å². The SMILES string of the molecule is CC(NC(=O)OCC1c2ccccc2-c2ccccc21)(c1ccccc1)c1ccccc1. The van der Waals surface area contributed by atoms with Gasteiger partial charge in [-0.25, -0.2) is 4.79 Å². The van der Waals surface area contributed by atoms with E-state index in [9.17, 15) is 4.79 Å². The minimum Gasteiger partial charge on any atom is -0.449 e. The first-order valence-electron chi connectivity index (χ1n) is 10.9. The molecule has 3 nitrogen and oxygen atoms in total. The van der Waals surface area contributed by atoms with Crippen LogP contribution in [0.3, 0.4) is 0 Å². The molecule has 0 spiro atoms. The van der Waals surface area contributed by atoms with Crippen LogP contribution in [0.2, 0.25) is 0 Å². The number of hydrogen-bond acceptors (Lipinski definition) is 2. The van der Waals surface area contributed by atoms with Crippen LogP contribution in [0.5, 0.6) is 0 Å². The fourth-order valence-corrected chi connectivity index (χ4v) is 4.69. The van der Waals surface area contributed by atoms with E-state index in [-0.39, 0.29) is 5.92 Å². The van der Waals surface area contributed by atoms with Crippen LogP contribution >= 0.6 is 0 Å². The Bertz CT molecular complexity index is 1150. The Morgan fingerprint density at radius 3 is 1.66 bits per heavy atom. The van der Waals surface area contributed by atoms with Crippen molar-refractivity contribution in [1.82, 2.24) is 5.32 Å². The summed E-state index contributed by atoms with van der Waals surface area (Å²) in [4.78, 5) is 13.1. The molecule has 158 valence electrons. The molecular formula is C29H25NO2. The molecule has 4 aromatic rings. The lowest BCUT2D eigenvalue weighted by Crippen LogP contribution is -2.45. The third kappa shape index (κ3) is 3.56. The molecule has 0 unspecified atom stereocenters. The van der Waals surface area contributed by atoms with Crippen molar-refractivity contribution in [2.45, 2.75) is 18.4 Å². The summed E-state index contributed by atoms with van der Waals surface area (Å²) >= 11 is 0. The maximum absolute atomic E-state index is 13.1. The molecule has 0 heterocycles. The minimum absolute atomic E-state index is 0.0351. The van der Waals surface area contributed by atoms with Gasteiger partial charge in [-0.2, -0.15) is 0 Å². The second-order valence-electron chi connectivity index (χ2n) is 8.31. The van der Waals surface area contributed by atoms with Gasteiger partial charge in [0.05, 0.1) is 5.54 Å². The molecule has 5 rings (SSSR count). The zero-order chi connectivity index (χ0) is 22.0. The molecule has 1 aliphatic carbocycles. The molecule has 0 bridgehead atoms. The second-order valence-corrected chi connectivity index (χ2v) is 8.31. The molecule has 0 aliphatic heterocycles. The topological polar surface area (TPSA) is 38.3 Å². The number of carbonyl (C=O) groups is 1. The Morgan fingerprint density at radius 1 is 0.719 bits per heavy atom. The zero-order valence-corrected chi connectivity index (χ0v) is 18.0. The van der Waals surface area contributed by atoms with Crippen molar-refractivity contribution in [3.05, 3.63) is 131 Å². The lowest BCUT2D eigenvalue weighted by molar-refractivity contribution is 0.134. The number of amides is 1. The van der Waals surface area contributed by atoms with Gasteiger partial charge in [-0.1, -0.05) is 109 Å². The highest BCUT2D eigenvalue weighted by molar-refractivity contribution is 5.79. The zero-order valence-electron chi connectivity index (χ0n) is 18.0. The highest BCUT2D eigenvalue weighted by Crippen LogP contribution is 2.44. The van der Waals surface area contributed by atoms with Crippen LogP contribution in [0.15, 0.2) is 109 Å². The average Bonchev–Trinajstić information content (AvgIpc) is 3.17. The smallest absolute Gasteiger partial charge is 0.408 e. The number of hydrogen-bond donors (Lipinski definition) is 1. The van der Waals surface area contributed by atoms with E-state index in [0.717, 1.165) is 11.1 Å². The number of rotatable bonds is 5. The second kappa shape index (κ2) is 8.35. The number of fused-ring (bicyclic) bond motifs is 3. The molecular weight excluding hydrogens is 394 g/mol. The van der Waals surface area contributed by atoms with Gasteiger partial charge in [0.1, 0.15) is 6.61 Å². The normalized spacial score (nSPS) is 12.7. The summed E-state index contributed by atoms with van der Waals surface area (Å²) in [5.41, 5.74) is 6.14. The number of benzene rings is 4. The van der Waals surface area contributed by atoms with E-state index >= 15 is 0 Å². The summed E-state index contributed by atoms with van der Waals surface area (Å²) in [7, 11) is 0. The Morgan fingerprint density at radius 2 is 1.16 bits per heavy atom. The van der Waals surface area contributed by atoms with E-state index in [1.54, 1.807) is 0 Å². The Kier molecular flexibility index (Phi) is 5.24. The van der Waals surface area contributed by atoms with E-state index in [1.165, 1.54) is 22.3 Å². The minimum atomic E-state index is -0.703. The average molecular weight is 420 g/mol. The van der Waals surface area contributed by atoms with Crippen LogP contribution < -0.4 is 5.32 Å². The first-order valence-corrected chi connectivity index (χ1v) is 10.9. The molecule has 32 heavy (non-hydrogen) atoms. The van der Waals surface area contributed by atoms with Crippen molar-refractivity contribution in [3.63, 3.8) is 0 Å². The fraction of sp³-hybridized carbons (Fsp3) is 0.138. The summed E-state index contributed by atoms with van der Waals surface area (Å²) in [6.45, 7) is 2.30. The van der Waals surface area contributed by atoms with Gasteiger partial charge in [0, 0.05) is 5.92 Å². The molecule has 4 aromatic carbocycles. The summed E-state index contributed by atoms with van der Waals surface area (Å²) in [5, 5.41) is 3.14. The molecule has 0 atom stereocenters. The van der Waals surface area contributed by atoms with Crippen molar-refractivity contribution in [1.29, 1.82) is 0 Å². The van der Waals surface area contributed by atoms with Crippen LogP contribution in [-0.2, 0) is 10.3 Å². The first kappa shape index (κ1) is 20.1. The van der Waals surface area contributed by atoms with E-state index < -0.39 is 11.6 Å². The Hall–Kier alpha value is -3.85. The predicted octanol–water partition coefficient (Wildman–Crippen LogP) is 6.49. The fourth-order valence-electron chi connectivity index (χ4n) is 4.69. The van der Waals surface area contributed by atoms with Gasteiger partial charge < -0.3 is 10.1 Å². The van der Waals surface area contributed by atoms with Crippen molar-refractivity contribution in [3.8, 4) is 11.1 Å². The van der Waals surface area contributed by atoms with Gasteiger partial charge in [0.2, 0.25) is 0 Å². The van der Waals surface area contributed by atoms with Crippen LogP contribution in [0.1, 0.15) is 35.1 Å². The third-order valence-corrected chi connectivity index (χ3v) is 6.40. The van der Waals surface area contributed by atoms with Gasteiger partial charge in [-0.05, 0) is 40.3 Å². The number of carbonyl (C=O) groups excluding carboxylic acids is 1. The van der Waals surface area contributed by atoms with Crippen molar-refractivity contribution < 1.29 is 9.53 Å². The third-order valence-electron chi connectivity index (χ3n) is 6.40. The molecule has 0 saturated carbocycles. The quantitative estimate of drug-likeness (QED) is 0.402. The highest BCUT2D eigenvalue weighted by Gasteiger charge is 2.33. The number of nitrogens with one attached hydrogen (secondary N) is 1. The molecule has 0 saturated heterocycles. The van der Waals surface area contributed by atoms with Crippen molar-refractivity contribution in [2.24, 2.45) is 0 Å². The summed E-state index contributed by atoms with van der Waals surface area (Å²) < 4.78 is 5.83. The van der Waals surface area contributed by atoms with Crippen molar-refractivity contribution >= 4 is 6.09 Å². The van der Waals surface area contributed by atoms with Crippen LogP contribution in [-0.4, -0.2) is 12.7 Å². The maximum atomic E-state index is 13.1. The van der Waals surface area contributed by atoms with Gasteiger partial charge in [-0.3, -0.25) is 0 Å². The summed E-state index contributed by atoms with van der Waals surface area (Å²) in [5.74, 6) is 0.0351. The van der Waals surface area contributed by atoms with Gasteiger partial charge in [0.25, 0.3) is 0 Å². The molecule has 0 aromatic heterocycles. The van der Waals surface area contributed by atoms with E-state index in [2.05, 4.69) is 41.7 Å². The predicted molar refractivity (Wildman–Crippen MR) is 128 cm³/mol. The largest absolute Gasteiger partial charge is 0.449 e.